The Morgan fingerprint density at radius 2 is 1.70 bits per heavy atom. The van der Waals surface area contributed by atoms with Crippen LogP contribution >= 0.6 is 0 Å². The SMILES string of the molecule is O=C(O)c1ccc(CCc2ccccc2)cc1NC(=O)C1CC1. The summed E-state index contributed by atoms with van der Waals surface area (Å²) in [5.41, 5.74) is 2.80. The topological polar surface area (TPSA) is 66.4 Å². The van der Waals surface area contributed by atoms with Crippen molar-refractivity contribution >= 4 is 17.6 Å². The number of carbonyl (C=O) groups is 2. The standard InChI is InChI=1S/C19H19NO3/c21-18(15-9-10-15)20-17-12-14(8-11-16(17)19(22)23)7-6-13-4-2-1-3-5-13/h1-5,8,11-12,15H,6-7,9-10H2,(H,20,21)(H,22,23). The lowest BCUT2D eigenvalue weighted by Crippen LogP contribution is -2.16. The molecular formula is C19H19NO3. The Morgan fingerprint density at radius 3 is 2.35 bits per heavy atom. The fraction of sp³-hybridized carbons (Fsp3) is 0.263. The van der Waals surface area contributed by atoms with Crippen LogP contribution in [0.2, 0.25) is 0 Å². The highest BCUT2D eigenvalue weighted by Crippen LogP contribution is 2.31. The van der Waals surface area contributed by atoms with Crippen molar-refractivity contribution in [2.75, 3.05) is 5.32 Å². The van der Waals surface area contributed by atoms with Crippen molar-refractivity contribution in [1.29, 1.82) is 0 Å². The number of aryl methyl sites for hydroxylation is 2. The van der Waals surface area contributed by atoms with E-state index < -0.39 is 5.97 Å². The number of carboxylic acid groups (broad SMARTS) is 1. The average molecular weight is 309 g/mol. The Morgan fingerprint density at radius 1 is 1.00 bits per heavy atom. The highest BCUT2D eigenvalue weighted by atomic mass is 16.4. The van der Waals surface area contributed by atoms with E-state index in [-0.39, 0.29) is 17.4 Å². The average Bonchev–Trinajstić information content (AvgIpc) is 3.39. The van der Waals surface area contributed by atoms with Gasteiger partial charge in [-0.15, -0.1) is 0 Å². The minimum absolute atomic E-state index is 0.0459. The Hall–Kier alpha value is -2.62. The molecule has 0 atom stereocenters. The van der Waals surface area contributed by atoms with Crippen molar-refractivity contribution in [3.63, 3.8) is 0 Å². The van der Waals surface area contributed by atoms with Crippen molar-refractivity contribution in [2.24, 2.45) is 5.92 Å². The zero-order valence-electron chi connectivity index (χ0n) is 12.8. The molecule has 0 aromatic heterocycles. The van der Waals surface area contributed by atoms with Gasteiger partial charge in [-0.05, 0) is 48.9 Å². The van der Waals surface area contributed by atoms with E-state index in [1.54, 1.807) is 12.1 Å². The van der Waals surface area contributed by atoms with E-state index in [0.29, 0.717) is 5.69 Å². The normalized spacial score (nSPS) is 13.6. The second-order valence-electron chi connectivity index (χ2n) is 5.93. The Kier molecular flexibility index (Phi) is 4.42. The number of carbonyl (C=O) groups excluding carboxylic acids is 1. The first-order chi connectivity index (χ1) is 11.1. The number of aromatic carboxylic acids is 1. The second kappa shape index (κ2) is 6.65. The Bertz CT molecular complexity index is 721. The number of amides is 1. The third kappa shape index (κ3) is 3.97. The molecule has 0 aliphatic heterocycles. The molecule has 4 nitrogen and oxygen atoms in total. The quantitative estimate of drug-likeness (QED) is 0.858. The van der Waals surface area contributed by atoms with Gasteiger partial charge in [0.2, 0.25) is 5.91 Å². The van der Waals surface area contributed by atoms with Crippen LogP contribution in [0.4, 0.5) is 5.69 Å². The van der Waals surface area contributed by atoms with Gasteiger partial charge < -0.3 is 10.4 Å². The molecule has 0 saturated heterocycles. The van der Waals surface area contributed by atoms with Gasteiger partial charge >= 0.3 is 5.97 Å². The zero-order valence-corrected chi connectivity index (χ0v) is 12.8. The summed E-state index contributed by atoms with van der Waals surface area (Å²) in [6, 6.07) is 15.3. The molecule has 118 valence electrons. The van der Waals surface area contributed by atoms with E-state index in [4.69, 9.17) is 0 Å². The van der Waals surface area contributed by atoms with E-state index in [1.807, 2.05) is 24.3 Å². The van der Waals surface area contributed by atoms with Crippen molar-refractivity contribution in [3.8, 4) is 0 Å². The zero-order chi connectivity index (χ0) is 16.2. The summed E-state index contributed by atoms with van der Waals surface area (Å²) in [4.78, 5) is 23.3. The Balaban J connectivity index is 1.75. The van der Waals surface area contributed by atoms with E-state index in [1.165, 1.54) is 5.56 Å². The first kappa shape index (κ1) is 15.3. The van der Waals surface area contributed by atoms with E-state index in [2.05, 4.69) is 17.4 Å². The maximum absolute atomic E-state index is 11.9. The molecule has 2 aromatic carbocycles. The van der Waals surface area contributed by atoms with Crippen LogP contribution in [0.3, 0.4) is 0 Å². The minimum atomic E-state index is -1.02. The van der Waals surface area contributed by atoms with Gasteiger partial charge in [-0.1, -0.05) is 36.4 Å². The number of hydrogen-bond donors (Lipinski definition) is 2. The van der Waals surface area contributed by atoms with Gasteiger partial charge in [-0.2, -0.15) is 0 Å². The number of hydrogen-bond acceptors (Lipinski definition) is 2. The van der Waals surface area contributed by atoms with Gasteiger partial charge in [0, 0.05) is 5.92 Å². The molecule has 0 radical (unpaired) electrons. The summed E-state index contributed by atoms with van der Waals surface area (Å²) in [7, 11) is 0. The summed E-state index contributed by atoms with van der Waals surface area (Å²) >= 11 is 0. The molecule has 0 heterocycles. The molecule has 3 rings (SSSR count). The van der Waals surface area contributed by atoms with Crippen LogP contribution in [0.1, 0.15) is 34.3 Å². The number of benzene rings is 2. The molecule has 1 amide bonds. The molecule has 2 N–H and O–H groups in total. The summed E-state index contributed by atoms with van der Waals surface area (Å²) in [5.74, 6) is -1.05. The van der Waals surface area contributed by atoms with Gasteiger partial charge in [0.05, 0.1) is 11.3 Å². The number of anilines is 1. The van der Waals surface area contributed by atoms with Gasteiger partial charge in [-0.25, -0.2) is 4.79 Å². The summed E-state index contributed by atoms with van der Waals surface area (Å²) in [6.07, 6.45) is 3.46. The summed E-state index contributed by atoms with van der Waals surface area (Å²) in [6.45, 7) is 0. The molecule has 23 heavy (non-hydrogen) atoms. The monoisotopic (exact) mass is 309 g/mol. The molecule has 1 fully saturated rings. The van der Waals surface area contributed by atoms with E-state index >= 15 is 0 Å². The number of nitrogens with one attached hydrogen (secondary N) is 1. The number of carboxylic acids is 1. The van der Waals surface area contributed by atoms with Crippen molar-refractivity contribution in [2.45, 2.75) is 25.7 Å². The van der Waals surface area contributed by atoms with Gasteiger partial charge in [0.1, 0.15) is 0 Å². The highest BCUT2D eigenvalue weighted by Gasteiger charge is 2.30. The molecule has 2 aromatic rings. The van der Waals surface area contributed by atoms with Gasteiger partial charge in [0.25, 0.3) is 0 Å². The van der Waals surface area contributed by atoms with Gasteiger partial charge in [0.15, 0.2) is 0 Å². The largest absolute Gasteiger partial charge is 0.478 e. The molecule has 0 unspecified atom stereocenters. The van der Waals surface area contributed by atoms with Crippen LogP contribution in [0.15, 0.2) is 48.5 Å². The predicted molar refractivity (Wildman–Crippen MR) is 88.6 cm³/mol. The van der Waals surface area contributed by atoms with Crippen LogP contribution in [0.25, 0.3) is 0 Å². The van der Waals surface area contributed by atoms with E-state index in [9.17, 15) is 14.7 Å². The lowest BCUT2D eigenvalue weighted by molar-refractivity contribution is -0.117. The smallest absolute Gasteiger partial charge is 0.337 e. The molecular weight excluding hydrogens is 290 g/mol. The van der Waals surface area contributed by atoms with Crippen molar-refractivity contribution in [1.82, 2.24) is 0 Å². The van der Waals surface area contributed by atoms with Crippen molar-refractivity contribution in [3.05, 3.63) is 65.2 Å². The third-order valence-electron chi connectivity index (χ3n) is 4.07. The van der Waals surface area contributed by atoms with Crippen LogP contribution in [-0.4, -0.2) is 17.0 Å². The molecule has 0 spiro atoms. The lowest BCUT2D eigenvalue weighted by atomic mass is 10.0. The van der Waals surface area contributed by atoms with E-state index in [0.717, 1.165) is 31.2 Å². The molecule has 0 bridgehead atoms. The van der Waals surface area contributed by atoms with Crippen LogP contribution in [0, 0.1) is 5.92 Å². The fourth-order valence-electron chi connectivity index (χ4n) is 2.55. The van der Waals surface area contributed by atoms with Gasteiger partial charge in [-0.3, -0.25) is 4.79 Å². The molecule has 1 aliphatic carbocycles. The maximum Gasteiger partial charge on any atom is 0.337 e. The minimum Gasteiger partial charge on any atom is -0.478 e. The summed E-state index contributed by atoms with van der Waals surface area (Å²) in [5, 5.41) is 12.1. The maximum atomic E-state index is 11.9. The second-order valence-corrected chi connectivity index (χ2v) is 5.93. The third-order valence-corrected chi connectivity index (χ3v) is 4.07. The first-order valence-corrected chi connectivity index (χ1v) is 7.84. The number of rotatable bonds is 6. The molecule has 1 aliphatic rings. The summed E-state index contributed by atoms with van der Waals surface area (Å²) < 4.78 is 0. The molecule has 1 saturated carbocycles. The molecule has 4 heteroatoms. The predicted octanol–water partition coefficient (Wildman–Crippen LogP) is 3.52. The van der Waals surface area contributed by atoms with Crippen molar-refractivity contribution < 1.29 is 14.7 Å². The van der Waals surface area contributed by atoms with Crippen LogP contribution in [-0.2, 0) is 17.6 Å². The highest BCUT2D eigenvalue weighted by molar-refractivity contribution is 6.01. The fourth-order valence-corrected chi connectivity index (χ4v) is 2.55. The van der Waals surface area contributed by atoms with Crippen LogP contribution in [0.5, 0.6) is 0 Å². The van der Waals surface area contributed by atoms with Crippen LogP contribution < -0.4 is 5.32 Å². The Labute approximate surface area is 135 Å². The first-order valence-electron chi connectivity index (χ1n) is 7.84. The lowest BCUT2D eigenvalue weighted by Gasteiger charge is -2.11.